The molecular formula is C9H18O2P+. The van der Waals surface area contributed by atoms with Crippen LogP contribution >= 0.6 is 8.03 Å². The van der Waals surface area contributed by atoms with E-state index in [0.29, 0.717) is 11.9 Å². The largest absolute Gasteiger partial charge is 0.543 e. The van der Waals surface area contributed by atoms with Crippen molar-refractivity contribution in [2.75, 3.05) is 6.61 Å². The summed E-state index contributed by atoms with van der Waals surface area (Å²) in [6, 6.07) is 0. The van der Waals surface area contributed by atoms with Crippen molar-refractivity contribution < 1.29 is 9.09 Å². The topological polar surface area (TPSA) is 26.3 Å². The summed E-state index contributed by atoms with van der Waals surface area (Å²) >= 11 is 0. The highest BCUT2D eigenvalue weighted by molar-refractivity contribution is 7.44. The zero-order valence-electron chi connectivity index (χ0n) is 8.01. The van der Waals surface area contributed by atoms with Gasteiger partial charge in [0.05, 0.1) is 0 Å². The van der Waals surface area contributed by atoms with Gasteiger partial charge in [-0.15, -0.1) is 4.52 Å². The van der Waals surface area contributed by atoms with Crippen molar-refractivity contribution in [1.29, 1.82) is 0 Å². The van der Waals surface area contributed by atoms with Gasteiger partial charge in [-0.1, -0.05) is 26.2 Å². The fourth-order valence-electron chi connectivity index (χ4n) is 0.786. The Morgan fingerprint density at radius 2 is 2.08 bits per heavy atom. The first-order chi connectivity index (χ1) is 5.68. The molecule has 1 unspecified atom stereocenters. The zero-order chi connectivity index (χ0) is 9.40. The molecule has 1 atom stereocenters. The Balaban J connectivity index is 3.20. The van der Waals surface area contributed by atoms with Crippen molar-refractivity contribution in [2.24, 2.45) is 0 Å². The van der Waals surface area contributed by atoms with E-state index in [0.717, 1.165) is 12.8 Å². The normalized spacial score (nSPS) is 11.3. The fraction of sp³-hybridized carbons (Fsp3) is 0.778. The summed E-state index contributed by atoms with van der Waals surface area (Å²) in [5.41, 5.74) is 0. The molecule has 12 heavy (non-hydrogen) atoms. The van der Waals surface area contributed by atoms with E-state index < -0.39 is 8.03 Å². The van der Waals surface area contributed by atoms with Crippen LogP contribution < -0.4 is 0 Å². The third kappa shape index (κ3) is 6.51. The van der Waals surface area contributed by atoms with Gasteiger partial charge in [0.15, 0.2) is 5.31 Å². The molecule has 0 aromatic carbocycles. The van der Waals surface area contributed by atoms with Gasteiger partial charge in [0.25, 0.3) is 0 Å². The fourth-order valence-corrected chi connectivity index (χ4v) is 1.30. The van der Waals surface area contributed by atoms with Gasteiger partial charge in [-0.25, -0.2) is 0 Å². The Labute approximate surface area is 75.9 Å². The lowest BCUT2D eigenvalue weighted by atomic mass is 10.2. The Kier molecular flexibility index (Phi) is 7.33. The van der Waals surface area contributed by atoms with E-state index in [1.807, 2.05) is 0 Å². The highest BCUT2D eigenvalue weighted by Gasteiger charge is 2.17. The minimum atomic E-state index is -1.60. The summed E-state index contributed by atoms with van der Waals surface area (Å²) in [5, 5.41) is 0.625. The predicted octanol–water partition coefficient (Wildman–Crippen LogP) is 3.86. The van der Waals surface area contributed by atoms with Crippen LogP contribution in [0.1, 0.15) is 39.5 Å². The van der Waals surface area contributed by atoms with Gasteiger partial charge >= 0.3 is 8.03 Å². The third-order valence-electron chi connectivity index (χ3n) is 1.52. The van der Waals surface area contributed by atoms with E-state index in [2.05, 4.69) is 13.5 Å². The number of hydrogen-bond donors (Lipinski definition) is 0. The molecule has 0 amide bonds. The average molecular weight is 189 g/mol. The lowest BCUT2D eigenvalue weighted by molar-refractivity contribution is 0.320. The minimum Gasteiger partial charge on any atom is -0.142 e. The van der Waals surface area contributed by atoms with Crippen molar-refractivity contribution in [3.8, 4) is 0 Å². The molecule has 0 aliphatic carbocycles. The molecule has 0 saturated carbocycles. The van der Waals surface area contributed by atoms with Crippen LogP contribution in [0.4, 0.5) is 0 Å². The SMILES string of the molecule is C=C(C)[P+](=O)OCCCCCC. The van der Waals surface area contributed by atoms with Crippen LogP contribution in [0.25, 0.3) is 0 Å². The molecule has 0 rings (SSSR count). The minimum absolute atomic E-state index is 0.599. The van der Waals surface area contributed by atoms with Gasteiger partial charge < -0.3 is 0 Å². The van der Waals surface area contributed by atoms with E-state index in [4.69, 9.17) is 4.52 Å². The second kappa shape index (κ2) is 7.45. The second-order valence-corrected chi connectivity index (χ2v) is 4.42. The molecule has 0 N–H and O–H groups in total. The van der Waals surface area contributed by atoms with E-state index in [1.54, 1.807) is 6.92 Å². The van der Waals surface area contributed by atoms with Crippen molar-refractivity contribution in [1.82, 2.24) is 0 Å². The summed E-state index contributed by atoms with van der Waals surface area (Å²) in [6.07, 6.45) is 4.61. The van der Waals surface area contributed by atoms with Crippen LogP contribution in [-0.2, 0) is 9.09 Å². The molecule has 70 valence electrons. The maximum Gasteiger partial charge on any atom is 0.543 e. The molecule has 0 aliphatic heterocycles. The van der Waals surface area contributed by atoms with Gasteiger partial charge in [-0.05, 0) is 17.6 Å². The van der Waals surface area contributed by atoms with Crippen molar-refractivity contribution in [2.45, 2.75) is 39.5 Å². The Morgan fingerprint density at radius 1 is 1.42 bits per heavy atom. The van der Waals surface area contributed by atoms with Crippen LogP contribution in [0, 0.1) is 0 Å². The first kappa shape index (κ1) is 11.8. The predicted molar refractivity (Wildman–Crippen MR) is 52.5 cm³/mol. The van der Waals surface area contributed by atoms with E-state index in [1.165, 1.54) is 12.8 Å². The lowest BCUT2D eigenvalue weighted by Gasteiger charge is -1.93. The Bertz CT molecular complexity index is 155. The van der Waals surface area contributed by atoms with Crippen LogP contribution in [0.3, 0.4) is 0 Å². The summed E-state index contributed by atoms with van der Waals surface area (Å²) in [7, 11) is -1.60. The van der Waals surface area contributed by atoms with Crippen LogP contribution in [0.2, 0.25) is 0 Å². The average Bonchev–Trinajstić information content (AvgIpc) is 2.03. The standard InChI is InChI=1S/C9H18O2P/c1-4-5-6-7-8-11-12(10)9(2)3/h2,4-8H2,1,3H3/q+1. The monoisotopic (exact) mass is 189 g/mol. The first-order valence-corrected chi connectivity index (χ1v) is 5.62. The summed E-state index contributed by atoms with van der Waals surface area (Å²) < 4.78 is 16.1. The lowest BCUT2D eigenvalue weighted by Crippen LogP contribution is -1.86. The molecule has 0 aliphatic rings. The molecule has 0 bridgehead atoms. The Hall–Kier alpha value is -0.200. The number of hydrogen-bond acceptors (Lipinski definition) is 2. The number of allylic oxidation sites excluding steroid dienone is 1. The van der Waals surface area contributed by atoms with E-state index in [9.17, 15) is 4.57 Å². The molecule has 0 aromatic rings. The quantitative estimate of drug-likeness (QED) is 0.449. The maximum atomic E-state index is 11.0. The van der Waals surface area contributed by atoms with Gasteiger partial charge in [0, 0.05) is 6.92 Å². The van der Waals surface area contributed by atoms with Gasteiger partial charge in [0.2, 0.25) is 0 Å². The molecule has 0 aromatic heterocycles. The first-order valence-electron chi connectivity index (χ1n) is 4.44. The van der Waals surface area contributed by atoms with Crippen molar-refractivity contribution in [3.05, 3.63) is 11.9 Å². The molecule has 0 heterocycles. The van der Waals surface area contributed by atoms with Crippen LogP contribution in [0.5, 0.6) is 0 Å². The zero-order valence-corrected chi connectivity index (χ0v) is 8.90. The van der Waals surface area contributed by atoms with Crippen molar-refractivity contribution in [3.63, 3.8) is 0 Å². The molecular weight excluding hydrogens is 171 g/mol. The van der Waals surface area contributed by atoms with E-state index >= 15 is 0 Å². The third-order valence-corrected chi connectivity index (χ3v) is 2.56. The maximum absolute atomic E-state index is 11.0. The highest BCUT2D eigenvalue weighted by Crippen LogP contribution is 2.31. The number of rotatable bonds is 7. The van der Waals surface area contributed by atoms with Gasteiger partial charge in [-0.2, -0.15) is 0 Å². The summed E-state index contributed by atoms with van der Waals surface area (Å²) in [5.74, 6) is 0. The second-order valence-electron chi connectivity index (χ2n) is 2.89. The summed E-state index contributed by atoms with van der Waals surface area (Å²) in [6.45, 7) is 8.05. The van der Waals surface area contributed by atoms with Crippen molar-refractivity contribution >= 4 is 8.03 Å². The molecule has 0 saturated heterocycles. The highest BCUT2D eigenvalue weighted by atomic mass is 31.1. The molecule has 0 fully saturated rings. The smallest absolute Gasteiger partial charge is 0.142 e. The van der Waals surface area contributed by atoms with E-state index in [-0.39, 0.29) is 0 Å². The molecule has 3 heteroatoms. The summed E-state index contributed by atoms with van der Waals surface area (Å²) in [4.78, 5) is 0. The molecule has 0 radical (unpaired) electrons. The van der Waals surface area contributed by atoms with Crippen LogP contribution in [-0.4, -0.2) is 6.61 Å². The Morgan fingerprint density at radius 3 is 2.58 bits per heavy atom. The van der Waals surface area contributed by atoms with Gasteiger partial charge in [0.1, 0.15) is 6.61 Å². The van der Waals surface area contributed by atoms with Crippen LogP contribution in [0.15, 0.2) is 11.9 Å². The molecule has 2 nitrogen and oxygen atoms in total. The number of unbranched alkanes of at least 4 members (excludes halogenated alkanes) is 3. The molecule has 0 spiro atoms. The van der Waals surface area contributed by atoms with Gasteiger partial charge in [-0.3, -0.25) is 0 Å².